The number of ether oxygens (including phenoxy) is 1. The number of benzene rings is 1. The van der Waals surface area contributed by atoms with E-state index in [4.69, 9.17) is 4.74 Å². The largest absolute Gasteiger partial charge is 0.465 e. The lowest BCUT2D eigenvalue weighted by Crippen LogP contribution is -2.40. The molecule has 2 rings (SSSR count). The Morgan fingerprint density at radius 1 is 1.19 bits per heavy atom. The molecule has 0 aliphatic heterocycles. The van der Waals surface area contributed by atoms with Crippen molar-refractivity contribution in [3.63, 3.8) is 0 Å². The second-order valence-electron chi connectivity index (χ2n) is 6.47. The molecule has 0 heterocycles. The van der Waals surface area contributed by atoms with Gasteiger partial charge in [0.1, 0.15) is 0 Å². The molecule has 26 heavy (non-hydrogen) atoms. The molecule has 0 atom stereocenters. The Bertz CT molecular complexity index is 742. The summed E-state index contributed by atoms with van der Waals surface area (Å²) in [6.07, 6.45) is 6.11. The summed E-state index contributed by atoms with van der Waals surface area (Å²) >= 11 is 0. The van der Waals surface area contributed by atoms with Crippen LogP contribution in [0.2, 0.25) is 0 Å². The Morgan fingerprint density at radius 2 is 1.85 bits per heavy atom. The number of carbonyl (C=O) groups excluding carboxylic acids is 2. The highest BCUT2D eigenvalue weighted by molar-refractivity contribution is 7.92. The molecule has 0 spiro atoms. The van der Waals surface area contributed by atoms with E-state index in [0.29, 0.717) is 0 Å². The van der Waals surface area contributed by atoms with Crippen LogP contribution in [0.25, 0.3) is 0 Å². The van der Waals surface area contributed by atoms with Crippen LogP contribution in [0.3, 0.4) is 0 Å². The van der Waals surface area contributed by atoms with Crippen molar-refractivity contribution in [2.24, 2.45) is 5.92 Å². The third kappa shape index (κ3) is 5.20. The Morgan fingerprint density at radius 3 is 2.46 bits per heavy atom. The maximum Gasteiger partial charge on any atom is 0.340 e. The number of sulfonamides is 1. The number of nitrogens with zero attached hydrogens (tertiary/aromatic N) is 1. The van der Waals surface area contributed by atoms with Crippen molar-refractivity contribution in [1.29, 1.82) is 0 Å². The minimum atomic E-state index is -3.63. The van der Waals surface area contributed by atoms with E-state index < -0.39 is 16.0 Å². The number of esters is 1. The summed E-state index contributed by atoms with van der Waals surface area (Å²) in [4.78, 5) is 24.2. The molecule has 1 saturated carbocycles. The van der Waals surface area contributed by atoms with E-state index in [-0.39, 0.29) is 36.2 Å². The van der Waals surface area contributed by atoms with Crippen molar-refractivity contribution in [2.45, 2.75) is 32.1 Å². The molecule has 8 heteroatoms. The Kier molecular flexibility index (Phi) is 7.02. The lowest BCUT2D eigenvalue weighted by molar-refractivity contribution is -0.125. The van der Waals surface area contributed by atoms with Crippen molar-refractivity contribution in [2.75, 3.05) is 30.8 Å². The van der Waals surface area contributed by atoms with Crippen LogP contribution < -0.4 is 9.62 Å². The van der Waals surface area contributed by atoms with Gasteiger partial charge in [0.2, 0.25) is 15.9 Å². The maximum atomic E-state index is 12.2. The number of hydrogen-bond acceptors (Lipinski definition) is 5. The number of amides is 1. The van der Waals surface area contributed by atoms with E-state index in [9.17, 15) is 18.0 Å². The summed E-state index contributed by atoms with van der Waals surface area (Å²) in [7, 11) is -2.39. The second-order valence-corrected chi connectivity index (χ2v) is 8.38. The summed E-state index contributed by atoms with van der Waals surface area (Å²) in [5.74, 6) is -0.627. The van der Waals surface area contributed by atoms with E-state index in [2.05, 4.69) is 5.32 Å². The van der Waals surface area contributed by atoms with E-state index >= 15 is 0 Å². The fourth-order valence-corrected chi connectivity index (χ4v) is 4.17. The zero-order chi connectivity index (χ0) is 19.2. The van der Waals surface area contributed by atoms with Gasteiger partial charge in [0.25, 0.3) is 0 Å². The summed E-state index contributed by atoms with van der Waals surface area (Å²) in [6, 6.07) is 6.36. The van der Waals surface area contributed by atoms with Crippen LogP contribution in [0, 0.1) is 5.92 Å². The summed E-state index contributed by atoms with van der Waals surface area (Å²) in [5.41, 5.74) is 0.410. The number of carbonyl (C=O) groups is 2. The predicted octanol–water partition coefficient (Wildman–Crippen LogP) is 1.94. The average molecular weight is 382 g/mol. The number of methoxy groups -OCH3 is 1. The van der Waals surface area contributed by atoms with Gasteiger partial charge in [0, 0.05) is 12.5 Å². The number of rotatable bonds is 7. The molecule has 1 N–H and O–H groups in total. The zero-order valence-electron chi connectivity index (χ0n) is 15.2. The van der Waals surface area contributed by atoms with Crippen molar-refractivity contribution < 1.29 is 22.7 Å². The van der Waals surface area contributed by atoms with Crippen LogP contribution in [0.4, 0.5) is 5.69 Å². The first-order chi connectivity index (χ1) is 12.3. The predicted molar refractivity (Wildman–Crippen MR) is 99.6 cm³/mol. The molecule has 0 unspecified atom stereocenters. The highest BCUT2D eigenvalue weighted by Gasteiger charge is 2.25. The number of hydrogen-bond donors (Lipinski definition) is 1. The number of para-hydroxylation sites is 1. The first-order valence-electron chi connectivity index (χ1n) is 8.77. The Labute approximate surface area is 154 Å². The van der Waals surface area contributed by atoms with Gasteiger partial charge < -0.3 is 10.1 Å². The third-order valence-electron chi connectivity index (χ3n) is 4.57. The zero-order valence-corrected chi connectivity index (χ0v) is 16.0. The molecule has 0 bridgehead atoms. The molecule has 7 nitrogen and oxygen atoms in total. The van der Waals surface area contributed by atoms with Gasteiger partial charge in [-0.15, -0.1) is 0 Å². The maximum absolute atomic E-state index is 12.2. The molecular formula is C18H26N2O5S. The normalized spacial score (nSPS) is 15.3. The lowest BCUT2D eigenvalue weighted by atomic mass is 9.89. The molecule has 1 amide bonds. The van der Waals surface area contributed by atoms with Gasteiger partial charge in [-0.25, -0.2) is 13.2 Å². The van der Waals surface area contributed by atoms with Crippen LogP contribution in [0.15, 0.2) is 24.3 Å². The molecule has 1 aliphatic carbocycles. The molecule has 1 aliphatic rings. The van der Waals surface area contributed by atoms with Crippen molar-refractivity contribution >= 4 is 27.6 Å². The van der Waals surface area contributed by atoms with Gasteiger partial charge in [-0.2, -0.15) is 0 Å². The minimum Gasteiger partial charge on any atom is -0.465 e. The quantitative estimate of drug-likeness (QED) is 0.728. The van der Waals surface area contributed by atoms with Gasteiger partial charge in [-0.3, -0.25) is 9.10 Å². The smallest absolute Gasteiger partial charge is 0.340 e. The topological polar surface area (TPSA) is 92.8 Å². The molecular weight excluding hydrogens is 356 g/mol. The molecule has 144 valence electrons. The fourth-order valence-electron chi connectivity index (χ4n) is 3.23. The third-order valence-corrected chi connectivity index (χ3v) is 5.75. The van der Waals surface area contributed by atoms with E-state index in [1.54, 1.807) is 18.2 Å². The van der Waals surface area contributed by atoms with Gasteiger partial charge in [0.05, 0.1) is 31.2 Å². The summed E-state index contributed by atoms with van der Waals surface area (Å²) < 4.78 is 30.3. The Balaban J connectivity index is 2.10. The van der Waals surface area contributed by atoms with Gasteiger partial charge in [0.15, 0.2) is 0 Å². The number of anilines is 1. The SMILES string of the molecule is COC(=O)c1ccccc1N(CCNC(=O)C1CCCCC1)S(C)(=O)=O. The Hall–Kier alpha value is -2.09. The van der Waals surface area contributed by atoms with Crippen molar-refractivity contribution in [3.05, 3.63) is 29.8 Å². The second kappa shape index (κ2) is 9.02. The van der Waals surface area contributed by atoms with Crippen molar-refractivity contribution in [3.8, 4) is 0 Å². The molecule has 1 fully saturated rings. The van der Waals surface area contributed by atoms with Crippen LogP contribution in [-0.4, -0.2) is 46.7 Å². The first-order valence-corrected chi connectivity index (χ1v) is 10.6. The lowest BCUT2D eigenvalue weighted by Gasteiger charge is -2.25. The minimum absolute atomic E-state index is 0.0118. The van der Waals surface area contributed by atoms with Crippen LogP contribution in [0.1, 0.15) is 42.5 Å². The van der Waals surface area contributed by atoms with Gasteiger partial charge >= 0.3 is 5.97 Å². The number of nitrogens with one attached hydrogen (secondary N) is 1. The first kappa shape index (κ1) is 20.2. The highest BCUT2D eigenvalue weighted by atomic mass is 32.2. The van der Waals surface area contributed by atoms with Crippen LogP contribution in [-0.2, 0) is 19.6 Å². The standard InChI is InChI=1S/C18H26N2O5S/c1-25-18(22)15-10-6-7-11-16(15)20(26(2,23)24)13-12-19-17(21)14-8-4-3-5-9-14/h6-7,10-11,14H,3-5,8-9,12-13H2,1-2H3,(H,19,21). The monoisotopic (exact) mass is 382 g/mol. The van der Waals surface area contributed by atoms with Crippen LogP contribution >= 0.6 is 0 Å². The average Bonchev–Trinajstić information content (AvgIpc) is 2.64. The van der Waals surface area contributed by atoms with E-state index in [1.165, 1.54) is 13.2 Å². The van der Waals surface area contributed by atoms with Crippen molar-refractivity contribution in [1.82, 2.24) is 5.32 Å². The molecule has 0 radical (unpaired) electrons. The molecule has 0 aromatic heterocycles. The van der Waals surface area contributed by atoms with Gasteiger partial charge in [-0.1, -0.05) is 31.4 Å². The molecule has 1 aromatic carbocycles. The molecule has 1 aromatic rings. The van der Waals surface area contributed by atoms with Crippen LogP contribution in [0.5, 0.6) is 0 Å². The summed E-state index contributed by atoms with van der Waals surface area (Å²) in [5, 5.41) is 2.83. The highest BCUT2D eigenvalue weighted by Crippen LogP contribution is 2.24. The molecule has 0 saturated heterocycles. The van der Waals surface area contributed by atoms with Gasteiger partial charge in [-0.05, 0) is 25.0 Å². The van der Waals surface area contributed by atoms with E-state index in [1.807, 2.05) is 0 Å². The fraction of sp³-hybridized carbons (Fsp3) is 0.556. The summed E-state index contributed by atoms with van der Waals surface area (Å²) in [6.45, 7) is 0.225. The van der Waals surface area contributed by atoms with E-state index in [0.717, 1.165) is 42.7 Å².